The average molecular weight is 186 g/mol. The van der Waals surface area contributed by atoms with Gasteiger partial charge in [-0.2, -0.15) is 0 Å². The Morgan fingerprint density at radius 2 is 2.31 bits per heavy atom. The van der Waals surface area contributed by atoms with Gasteiger partial charge in [0.25, 0.3) is 0 Å². The Bertz CT molecular complexity index is 139. The van der Waals surface area contributed by atoms with Crippen LogP contribution in [0.25, 0.3) is 0 Å². The molecule has 1 rings (SSSR count). The van der Waals surface area contributed by atoms with Crippen LogP contribution in [-0.4, -0.2) is 41.8 Å². The summed E-state index contributed by atoms with van der Waals surface area (Å²) in [5, 5.41) is 9.57. The molecule has 0 aromatic carbocycles. The number of hydrogen-bond donors (Lipinski definition) is 2. The van der Waals surface area contributed by atoms with E-state index in [-0.39, 0.29) is 6.10 Å². The maximum Gasteiger partial charge on any atom is 0.0667 e. The van der Waals surface area contributed by atoms with Crippen molar-refractivity contribution in [3.05, 3.63) is 0 Å². The van der Waals surface area contributed by atoms with E-state index in [1.54, 1.807) is 0 Å². The number of hydrogen-bond acceptors (Lipinski definition) is 3. The summed E-state index contributed by atoms with van der Waals surface area (Å²) in [4.78, 5) is 2.39. The van der Waals surface area contributed by atoms with Gasteiger partial charge in [-0.3, -0.25) is 4.90 Å². The first-order valence-electron chi connectivity index (χ1n) is 5.38. The van der Waals surface area contributed by atoms with Crippen molar-refractivity contribution in [2.24, 2.45) is 5.73 Å². The van der Waals surface area contributed by atoms with Crippen molar-refractivity contribution in [1.29, 1.82) is 0 Å². The normalized spacial score (nSPS) is 27.5. The van der Waals surface area contributed by atoms with Gasteiger partial charge in [-0.05, 0) is 45.8 Å². The van der Waals surface area contributed by atoms with Crippen LogP contribution < -0.4 is 5.73 Å². The first kappa shape index (κ1) is 11.0. The molecule has 0 aromatic heterocycles. The minimum Gasteiger partial charge on any atom is -0.392 e. The molecule has 0 saturated carbocycles. The summed E-state index contributed by atoms with van der Waals surface area (Å²) >= 11 is 0. The smallest absolute Gasteiger partial charge is 0.0667 e. The highest BCUT2D eigenvalue weighted by Crippen LogP contribution is 2.19. The molecule has 1 fully saturated rings. The van der Waals surface area contributed by atoms with Gasteiger partial charge >= 0.3 is 0 Å². The van der Waals surface area contributed by atoms with E-state index in [4.69, 9.17) is 5.73 Å². The van der Waals surface area contributed by atoms with E-state index in [9.17, 15) is 5.11 Å². The van der Waals surface area contributed by atoms with E-state index in [2.05, 4.69) is 4.90 Å². The van der Waals surface area contributed by atoms with Crippen LogP contribution in [0.5, 0.6) is 0 Å². The molecule has 3 nitrogen and oxygen atoms in total. The lowest BCUT2D eigenvalue weighted by Gasteiger charge is -2.37. The second-order valence-electron chi connectivity index (χ2n) is 3.98. The molecule has 0 radical (unpaired) electrons. The number of piperidine rings is 1. The third-order valence-corrected chi connectivity index (χ3v) is 2.87. The second-order valence-corrected chi connectivity index (χ2v) is 3.98. The summed E-state index contributed by atoms with van der Waals surface area (Å²) in [7, 11) is 0. The molecule has 0 bridgehead atoms. The van der Waals surface area contributed by atoms with Crippen LogP contribution in [0.15, 0.2) is 0 Å². The molecule has 1 heterocycles. The van der Waals surface area contributed by atoms with E-state index in [1.807, 2.05) is 6.92 Å². The van der Waals surface area contributed by atoms with Gasteiger partial charge in [-0.15, -0.1) is 0 Å². The molecule has 1 aliphatic heterocycles. The van der Waals surface area contributed by atoms with E-state index in [1.165, 1.54) is 12.8 Å². The van der Waals surface area contributed by atoms with E-state index in [0.717, 1.165) is 32.5 Å². The first-order chi connectivity index (χ1) is 6.25. The predicted molar refractivity (Wildman–Crippen MR) is 54.6 cm³/mol. The molecular formula is C10H22N2O. The highest BCUT2D eigenvalue weighted by molar-refractivity contribution is 4.80. The van der Waals surface area contributed by atoms with Crippen LogP contribution in [0.1, 0.15) is 32.6 Å². The molecule has 0 spiro atoms. The Balaban J connectivity index is 2.37. The number of aliphatic hydroxyl groups excluding tert-OH is 1. The first-order valence-corrected chi connectivity index (χ1v) is 5.38. The molecule has 0 amide bonds. The number of likely N-dealkylation sites (tertiary alicyclic amines) is 1. The van der Waals surface area contributed by atoms with Gasteiger partial charge in [0.15, 0.2) is 0 Å². The molecule has 1 saturated heterocycles. The summed E-state index contributed by atoms with van der Waals surface area (Å²) in [6, 6.07) is 0.375. The van der Waals surface area contributed by atoms with Gasteiger partial charge in [0.05, 0.1) is 6.10 Å². The average Bonchev–Trinajstić information content (AvgIpc) is 2.15. The molecule has 0 unspecified atom stereocenters. The molecule has 3 N–H and O–H groups in total. The summed E-state index contributed by atoms with van der Waals surface area (Å²) < 4.78 is 0. The van der Waals surface area contributed by atoms with Crippen LogP contribution in [-0.2, 0) is 0 Å². The number of nitrogens with two attached hydrogens (primary N) is 1. The van der Waals surface area contributed by atoms with Crippen molar-refractivity contribution in [2.75, 3.05) is 19.6 Å². The van der Waals surface area contributed by atoms with E-state index >= 15 is 0 Å². The molecule has 0 aliphatic carbocycles. The minimum absolute atomic E-state index is 0.196. The zero-order valence-corrected chi connectivity index (χ0v) is 8.58. The van der Waals surface area contributed by atoms with Crippen molar-refractivity contribution in [1.82, 2.24) is 4.90 Å². The lowest BCUT2D eigenvalue weighted by molar-refractivity contribution is 0.0363. The van der Waals surface area contributed by atoms with Crippen LogP contribution in [0, 0.1) is 0 Å². The lowest BCUT2D eigenvalue weighted by atomic mass is 9.98. The topological polar surface area (TPSA) is 49.5 Å². The van der Waals surface area contributed by atoms with Gasteiger partial charge in [0.1, 0.15) is 0 Å². The quantitative estimate of drug-likeness (QED) is 0.675. The Morgan fingerprint density at radius 3 is 2.92 bits per heavy atom. The van der Waals surface area contributed by atoms with Crippen molar-refractivity contribution in [2.45, 2.75) is 44.8 Å². The van der Waals surface area contributed by atoms with E-state index in [0.29, 0.717) is 6.04 Å². The van der Waals surface area contributed by atoms with Crippen LogP contribution in [0.2, 0.25) is 0 Å². The molecule has 3 heteroatoms. The minimum atomic E-state index is -0.196. The SMILES string of the molecule is C[C@H](O)[C@@H]1CCCCN1CCCN. The van der Waals surface area contributed by atoms with Gasteiger partial charge < -0.3 is 10.8 Å². The Kier molecular flexibility index (Phi) is 4.70. The van der Waals surface area contributed by atoms with Gasteiger partial charge in [-0.25, -0.2) is 0 Å². The summed E-state index contributed by atoms with van der Waals surface area (Å²) in [5.74, 6) is 0. The third kappa shape index (κ3) is 3.25. The second kappa shape index (κ2) is 5.58. The van der Waals surface area contributed by atoms with Gasteiger partial charge in [-0.1, -0.05) is 6.42 Å². The standard InChI is InChI=1S/C10H22N2O/c1-9(13)10-5-2-3-7-12(10)8-4-6-11/h9-10,13H,2-8,11H2,1H3/t9-,10-/m0/s1. The van der Waals surface area contributed by atoms with Gasteiger partial charge in [0, 0.05) is 6.04 Å². The largest absolute Gasteiger partial charge is 0.392 e. The summed E-state index contributed by atoms with van der Waals surface area (Å²) in [5.41, 5.74) is 5.48. The molecular weight excluding hydrogens is 164 g/mol. The maximum absolute atomic E-state index is 9.57. The Labute approximate surface area is 80.9 Å². The zero-order chi connectivity index (χ0) is 9.68. The maximum atomic E-state index is 9.57. The molecule has 13 heavy (non-hydrogen) atoms. The van der Waals surface area contributed by atoms with Crippen LogP contribution in [0.4, 0.5) is 0 Å². The molecule has 1 aliphatic rings. The highest BCUT2D eigenvalue weighted by Gasteiger charge is 2.25. The van der Waals surface area contributed by atoms with E-state index < -0.39 is 0 Å². The Morgan fingerprint density at radius 1 is 1.54 bits per heavy atom. The number of aliphatic hydroxyl groups is 1. The fourth-order valence-electron chi connectivity index (χ4n) is 2.14. The number of rotatable bonds is 4. The van der Waals surface area contributed by atoms with Crippen molar-refractivity contribution in [3.8, 4) is 0 Å². The van der Waals surface area contributed by atoms with Crippen LogP contribution >= 0.6 is 0 Å². The predicted octanol–water partition coefficient (Wildman–Crippen LogP) is 0.570. The van der Waals surface area contributed by atoms with Crippen LogP contribution in [0.3, 0.4) is 0 Å². The molecule has 0 aromatic rings. The zero-order valence-electron chi connectivity index (χ0n) is 8.58. The number of nitrogens with zero attached hydrogens (tertiary/aromatic N) is 1. The monoisotopic (exact) mass is 186 g/mol. The highest BCUT2D eigenvalue weighted by atomic mass is 16.3. The lowest BCUT2D eigenvalue weighted by Crippen LogP contribution is -2.46. The van der Waals surface area contributed by atoms with Crippen molar-refractivity contribution >= 4 is 0 Å². The van der Waals surface area contributed by atoms with Crippen molar-refractivity contribution in [3.63, 3.8) is 0 Å². The Hall–Kier alpha value is -0.120. The van der Waals surface area contributed by atoms with Crippen molar-refractivity contribution < 1.29 is 5.11 Å². The molecule has 78 valence electrons. The molecule has 2 atom stereocenters. The third-order valence-electron chi connectivity index (χ3n) is 2.87. The van der Waals surface area contributed by atoms with Gasteiger partial charge in [0.2, 0.25) is 0 Å². The summed E-state index contributed by atoms with van der Waals surface area (Å²) in [6.45, 7) is 4.83. The fourth-order valence-corrected chi connectivity index (χ4v) is 2.14. The summed E-state index contributed by atoms with van der Waals surface area (Å²) in [6.07, 6.45) is 4.52. The fraction of sp³-hybridized carbons (Fsp3) is 1.00.